The minimum absolute atomic E-state index is 0.0454. The zero-order valence-electron chi connectivity index (χ0n) is 16.5. The summed E-state index contributed by atoms with van der Waals surface area (Å²) in [6.45, 7) is 4.97. The van der Waals surface area contributed by atoms with Crippen molar-refractivity contribution < 1.29 is 26.4 Å². The van der Waals surface area contributed by atoms with Gasteiger partial charge in [0.15, 0.2) is 0 Å². The highest BCUT2D eigenvalue weighted by molar-refractivity contribution is 7.89. The van der Waals surface area contributed by atoms with Crippen molar-refractivity contribution in [1.29, 1.82) is 0 Å². The van der Waals surface area contributed by atoms with Crippen molar-refractivity contribution in [2.75, 3.05) is 18.4 Å². The summed E-state index contributed by atoms with van der Waals surface area (Å²) >= 11 is 0. The minimum atomic E-state index is -4.58. The van der Waals surface area contributed by atoms with Crippen molar-refractivity contribution in [2.24, 2.45) is 11.8 Å². The third kappa shape index (κ3) is 4.99. The van der Waals surface area contributed by atoms with E-state index in [0.717, 1.165) is 24.8 Å². The van der Waals surface area contributed by atoms with Crippen LogP contribution in [0.2, 0.25) is 0 Å². The Hall–Kier alpha value is -2.46. The van der Waals surface area contributed by atoms with Gasteiger partial charge in [-0.15, -0.1) is 0 Å². The van der Waals surface area contributed by atoms with E-state index >= 15 is 0 Å². The summed E-state index contributed by atoms with van der Waals surface area (Å²) in [5.74, 6) is -0.0932. The maximum Gasteiger partial charge on any atom is 0.433 e. The van der Waals surface area contributed by atoms with Gasteiger partial charge < -0.3 is 5.32 Å². The van der Waals surface area contributed by atoms with Crippen LogP contribution in [-0.2, 0) is 16.2 Å². The molecular weight excluding hydrogens is 419 g/mol. The topological polar surface area (TPSA) is 79.4 Å². The molecule has 6 nitrogen and oxygen atoms in total. The van der Waals surface area contributed by atoms with E-state index in [0.29, 0.717) is 18.8 Å². The second kappa shape index (κ2) is 8.35. The lowest BCUT2D eigenvalue weighted by molar-refractivity contribution is -0.141. The van der Waals surface area contributed by atoms with Crippen molar-refractivity contribution in [1.82, 2.24) is 9.29 Å². The van der Waals surface area contributed by atoms with Crippen molar-refractivity contribution >= 4 is 21.6 Å². The monoisotopic (exact) mass is 441 g/mol. The predicted molar refractivity (Wildman–Crippen MR) is 105 cm³/mol. The van der Waals surface area contributed by atoms with Gasteiger partial charge in [0.25, 0.3) is 5.91 Å². The van der Waals surface area contributed by atoms with Crippen LogP contribution in [-0.4, -0.2) is 36.7 Å². The number of benzene rings is 1. The summed E-state index contributed by atoms with van der Waals surface area (Å²) in [5.41, 5.74) is -0.815. The van der Waals surface area contributed by atoms with E-state index in [2.05, 4.69) is 10.3 Å². The Morgan fingerprint density at radius 3 is 2.17 bits per heavy atom. The highest BCUT2D eigenvalue weighted by atomic mass is 32.2. The van der Waals surface area contributed by atoms with Gasteiger partial charge in [0.05, 0.1) is 10.5 Å². The molecule has 10 heteroatoms. The molecule has 162 valence electrons. The number of nitrogens with zero attached hydrogens (tertiary/aromatic N) is 2. The van der Waals surface area contributed by atoms with E-state index in [1.165, 1.54) is 28.6 Å². The van der Waals surface area contributed by atoms with Gasteiger partial charge in [-0.3, -0.25) is 9.78 Å². The first-order chi connectivity index (χ1) is 14.0. The van der Waals surface area contributed by atoms with E-state index in [9.17, 15) is 26.4 Å². The lowest BCUT2D eigenvalue weighted by Gasteiger charge is -2.34. The van der Waals surface area contributed by atoms with Crippen LogP contribution < -0.4 is 5.32 Å². The van der Waals surface area contributed by atoms with Gasteiger partial charge in [0, 0.05) is 25.0 Å². The molecule has 1 amide bonds. The molecule has 1 saturated heterocycles. The van der Waals surface area contributed by atoms with E-state index < -0.39 is 27.8 Å². The summed E-state index contributed by atoms with van der Waals surface area (Å²) < 4.78 is 64.9. The van der Waals surface area contributed by atoms with E-state index in [1.54, 1.807) is 0 Å². The van der Waals surface area contributed by atoms with Crippen LogP contribution >= 0.6 is 0 Å². The van der Waals surface area contributed by atoms with Gasteiger partial charge in [-0.2, -0.15) is 17.5 Å². The summed E-state index contributed by atoms with van der Waals surface area (Å²) in [6, 6.07) is 7.45. The highest BCUT2D eigenvalue weighted by Crippen LogP contribution is 2.28. The van der Waals surface area contributed by atoms with E-state index in [-0.39, 0.29) is 22.3 Å². The molecule has 0 aliphatic carbocycles. The van der Waals surface area contributed by atoms with E-state index in [4.69, 9.17) is 0 Å². The molecule has 0 bridgehead atoms. The highest BCUT2D eigenvalue weighted by Gasteiger charge is 2.33. The van der Waals surface area contributed by atoms with Crippen LogP contribution in [0.4, 0.5) is 18.9 Å². The zero-order valence-corrected chi connectivity index (χ0v) is 17.3. The normalized spacial score (nSPS) is 20.7. The lowest BCUT2D eigenvalue weighted by Crippen LogP contribution is -2.42. The smallest absolute Gasteiger partial charge is 0.322 e. The Kier molecular flexibility index (Phi) is 6.19. The van der Waals surface area contributed by atoms with Crippen LogP contribution in [0.3, 0.4) is 0 Å². The number of halogens is 3. The van der Waals surface area contributed by atoms with Crippen LogP contribution in [0.1, 0.15) is 36.3 Å². The molecule has 1 aliphatic rings. The van der Waals surface area contributed by atoms with E-state index in [1.807, 2.05) is 13.8 Å². The number of carbonyl (C=O) groups is 1. The number of amides is 1. The van der Waals surface area contributed by atoms with Crippen LogP contribution in [0, 0.1) is 11.8 Å². The number of piperidine rings is 1. The number of carbonyl (C=O) groups excluding carboxylic acids is 1. The predicted octanol–water partition coefficient (Wildman–Crippen LogP) is 4.02. The van der Waals surface area contributed by atoms with Crippen molar-refractivity contribution in [3.63, 3.8) is 0 Å². The SMILES string of the molecule is CC1CC(C)CN(S(=O)(=O)c2ccc(NC(=O)c3ccc(C(F)(F)F)nc3)cc2)C1. The number of nitrogens with one attached hydrogen (secondary N) is 1. The number of hydrogen-bond acceptors (Lipinski definition) is 4. The van der Waals surface area contributed by atoms with Gasteiger partial charge in [-0.1, -0.05) is 13.8 Å². The molecule has 2 atom stereocenters. The molecule has 1 aromatic heterocycles. The number of rotatable bonds is 4. The van der Waals surface area contributed by atoms with Gasteiger partial charge >= 0.3 is 6.18 Å². The number of aromatic nitrogens is 1. The largest absolute Gasteiger partial charge is 0.433 e. The first-order valence-electron chi connectivity index (χ1n) is 9.41. The lowest BCUT2D eigenvalue weighted by atomic mass is 9.94. The molecule has 0 radical (unpaired) electrons. The molecule has 0 spiro atoms. The minimum Gasteiger partial charge on any atom is -0.322 e. The number of pyridine rings is 1. The van der Waals surface area contributed by atoms with Crippen molar-refractivity contribution in [2.45, 2.75) is 31.3 Å². The molecular formula is C20H22F3N3O3S. The summed E-state index contributed by atoms with van der Waals surface area (Å²) in [5, 5.41) is 2.52. The first kappa shape index (κ1) is 22.2. The number of hydrogen-bond donors (Lipinski definition) is 1. The van der Waals surface area contributed by atoms with Gasteiger partial charge in [0.1, 0.15) is 5.69 Å². The summed E-state index contributed by atoms with van der Waals surface area (Å²) in [4.78, 5) is 15.6. The molecule has 2 heterocycles. The molecule has 1 fully saturated rings. The Bertz CT molecular complexity index is 996. The summed E-state index contributed by atoms with van der Waals surface area (Å²) in [7, 11) is -3.64. The fourth-order valence-corrected chi connectivity index (χ4v) is 5.24. The molecule has 2 unspecified atom stereocenters. The molecule has 0 saturated carbocycles. The average molecular weight is 441 g/mol. The van der Waals surface area contributed by atoms with Crippen LogP contribution in [0.5, 0.6) is 0 Å². The number of sulfonamides is 1. The Morgan fingerprint density at radius 2 is 1.67 bits per heavy atom. The van der Waals surface area contributed by atoms with Gasteiger partial charge in [-0.25, -0.2) is 8.42 Å². The molecule has 1 aliphatic heterocycles. The average Bonchev–Trinajstić information content (AvgIpc) is 2.67. The number of anilines is 1. The molecule has 3 rings (SSSR count). The van der Waals surface area contributed by atoms with Crippen molar-refractivity contribution in [3.05, 3.63) is 53.9 Å². The molecule has 1 aromatic carbocycles. The molecule has 2 aromatic rings. The molecule has 1 N–H and O–H groups in total. The summed E-state index contributed by atoms with van der Waals surface area (Å²) in [6.07, 6.45) is -2.76. The standard InChI is InChI=1S/C20H22F3N3O3S/c1-13-9-14(2)12-26(11-13)30(28,29)17-6-4-16(5-7-17)25-19(27)15-3-8-18(24-10-15)20(21,22)23/h3-8,10,13-14H,9,11-12H2,1-2H3,(H,25,27). The second-order valence-electron chi connectivity index (χ2n) is 7.68. The van der Waals surface area contributed by atoms with Crippen molar-refractivity contribution in [3.8, 4) is 0 Å². The first-order valence-corrected chi connectivity index (χ1v) is 10.9. The second-order valence-corrected chi connectivity index (χ2v) is 9.61. The quantitative estimate of drug-likeness (QED) is 0.777. The van der Waals surface area contributed by atoms with Gasteiger partial charge in [-0.05, 0) is 54.7 Å². The fourth-order valence-electron chi connectivity index (χ4n) is 3.56. The molecule has 30 heavy (non-hydrogen) atoms. The Balaban J connectivity index is 1.70. The third-order valence-corrected chi connectivity index (χ3v) is 6.75. The third-order valence-electron chi connectivity index (χ3n) is 4.90. The number of alkyl halides is 3. The van der Waals surface area contributed by atoms with Crippen LogP contribution in [0.15, 0.2) is 47.5 Å². The Morgan fingerprint density at radius 1 is 1.07 bits per heavy atom. The maximum absolute atomic E-state index is 12.9. The zero-order chi connectivity index (χ0) is 22.1. The Labute approximate surface area is 173 Å². The maximum atomic E-state index is 12.9. The van der Waals surface area contributed by atoms with Crippen LogP contribution in [0.25, 0.3) is 0 Å². The van der Waals surface area contributed by atoms with Gasteiger partial charge in [0.2, 0.25) is 10.0 Å². The fraction of sp³-hybridized carbons (Fsp3) is 0.400.